The van der Waals surface area contributed by atoms with Crippen molar-refractivity contribution in [1.82, 2.24) is 19.6 Å². The van der Waals surface area contributed by atoms with Crippen molar-refractivity contribution < 1.29 is 28.6 Å². The summed E-state index contributed by atoms with van der Waals surface area (Å²) in [5.74, 6) is -0.467. The lowest BCUT2D eigenvalue weighted by atomic mass is 10.1. The second-order valence-corrected chi connectivity index (χ2v) is 12.1. The Bertz CT molecular complexity index is 1790. The third-order valence-corrected chi connectivity index (χ3v) is 9.14. The lowest BCUT2D eigenvalue weighted by Gasteiger charge is -2.22. The van der Waals surface area contributed by atoms with E-state index in [1.54, 1.807) is 74.7 Å². The van der Waals surface area contributed by atoms with Crippen LogP contribution in [0.5, 0.6) is 5.75 Å². The summed E-state index contributed by atoms with van der Waals surface area (Å²) in [4.78, 5) is 46.0. The molecule has 0 aliphatic rings. The molecule has 0 saturated heterocycles. The topological polar surface area (TPSA) is 115 Å². The number of pyridine rings is 1. The van der Waals surface area contributed by atoms with Crippen LogP contribution < -0.4 is 15.0 Å². The van der Waals surface area contributed by atoms with Crippen LogP contribution >= 0.6 is 39.1 Å². The molecule has 1 N–H and O–H groups in total. The van der Waals surface area contributed by atoms with Gasteiger partial charge in [-0.2, -0.15) is 0 Å². The minimum Gasteiger partial charge on any atom is -0.485 e. The number of halogens is 3. The Labute approximate surface area is 297 Å². The highest BCUT2D eigenvalue weighted by molar-refractivity contribution is 9.10. The molecule has 2 heterocycles. The second kappa shape index (κ2) is 17.5. The number of ether oxygens (including phenoxy) is 3. The number of likely N-dealkylation sites (N-methyl/N-ethyl adjacent to an activating group) is 1. The Morgan fingerprint density at radius 2 is 1.71 bits per heavy atom. The van der Waals surface area contributed by atoms with Gasteiger partial charge in [-0.05, 0) is 70.9 Å². The number of carbonyl (C=O) groups is 3. The number of imidazole rings is 1. The lowest BCUT2D eigenvalue weighted by molar-refractivity contribution is -0.122. The molecule has 3 amide bonds. The first-order valence-electron chi connectivity index (χ1n) is 14.9. The summed E-state index contributed by atoms with van der Waals surface area (Å²) in [7, 11) is 4.72. The first-order valence-corrected chi connectivity index (χ1v) is 16.4. The first kappa shape index (κ1) is 36.9. The predicted molar refractivity (Wildman–Crippen MR) is 190 cm³/mol. The second-order valence-electron chi connectivity index (χ2n) is 10.6. The lowest BCUT2D eigenvalue weighted by Crippen LogP contribution is -2.37. The summed E-state index contributed by atoms with van der Waals surface area (Å²) in [5.41, 5.74) is 3.57. The number of benzene rings is 2. The molecule has 0 atom stereocenters. The highest BCUT2D eigenvalue weighted by Crippen LogP contribution is 2.35. The average molecular weight is 762 g/mol. The van der Waals surface area contributed by atoms with Crippen LogP contribution in [0.25, 0.3) is 11.7 Å². The SMILES string of the molecule is COCCN(CCOC)C(=O)c1ccc(C=CC(=O)NCC(=O)N(C)c2ccc(Cl)c(COc3cccn4c(Br)c(C)nc34)c2Cl)cc1. The number of nitrogens with zero attached hydrogens (tertiary/aromatic N) is 4. The summed E-state index contributed by atoms with van der Waals surface area (Å²) >= 11 is 16.7. The number of fused-ring (bicyclic) bond motifs is 1. The van der Waals surface area contributed by atoms with Gasteiger partial charge in [-0.1, -0.05) is 35.3 Å². The third-order valence-electron chi connectivity index (χ3n) is 7.40. The maximum atomic E-state index is 13.0. The molecule has 0 bridgehead atoms. The third kappa shape index (κ3) is 9.14. The molecule has 0 radical (unpaired) electrons. The van der Waals surface area contributed by atoms with E-state index >= 15 is 0 Å². The number of carbonyl (C=O) groups excluding carboxylic acids is 3. The van der Waals surface area contributed by atoms with Crippen LogP contribution in [0.2, 0.25) is 10.0 Å². The number of hydrogen-bond donors (Lipinski definition) is 1. The molecule has 0 unspecified atom stereocenters. The van der Waals surface area contributed by atoms with Crippen molar-refractivity contribution in [1.29, 1.82) is 0 Å². The molecule has 4 rings (SSSR count). The number of aryl methyl sites for hydroxylation is 1. The fraction of sp³-hybridized carbons (Fsp3) is 0.294. The first-order chi connectivity index (χ1) is 23.0. The predicted octanol–water partition coefficient (Wildman–Crippen LogP) is 5.82. The maximum absolute atomic E-state index is 13.0. The summed E-state index contributed by atoms with van der Waals surface area (Å²) < 4.78 is 19.0. The fourth-order valence-corrected chi connectivity index (χ4v) is 5.63. The zero-order valence-corrected chi connectivity index (χ0v) is 30.1. The van der Waals surface area contributed by atoms with Gasteiger partial charge in [-0.25, -0.2) is 4.98 Å². The average Bonchev–Trinajstić information content (AvgIpc) is 3.39. The van der Waals surface area contributed by atoms with E-state index in [1.807, 2.05) is 23.6 Å². The molecule has 0 aliphatic carbocycles. The molecule has 4 aromatic rings. The number of hydrogen-bond acceptors (Lipinski definition) is 7. The molecule has 0 aliphatic heterocycles. The van der Waals surface area contributed by atoms with E-state index in [4.69, 9.17) is 37.4 Å². The number of methoxy groups -OCH3 is 2. The maximum Gasteiger partial charge on any atom is 0.254 e. The van der Waals surface area contributed by atoms with Crippen molar-refractivity contribution in [3.8, 4) is 5.75 Å². The quantitative estimate of drug-likeness (QED) is 0.152. The van der Waals surface area contributed by atoms with Crippen molar-refractivity contribution in [2.24, 2.45) is 0 Å². The van der Waals surface area contributed by atoms with Gasteiger partial charge in [0.1, 0.15) is 11.2 Å². The Balaban J connectivity index is 1.34. The molecule has 0 spiro atoms. The minimum absolute atomic E-state index is 0.0350. The summed E-state index contributed by atoms with van der Waals surface area (Å²) in [6, 6.07) is 13.8. The zero-order valence-electron chi connectivity index (χ0n) is 27.0. The standard InChI is InChI=1S/C34H36BrCl2N5O6/c1-22-32(35)42-15-5-6-28(33(42)39-22)48-21-25-26(36)12-13-27(31(25)37)40(2)30(44)20-38-29(43)14-9-23-7-10-24(11-8-23)34(45)41(16-18-46-3)17-19-47-4/h5-15H,16-21H2,1-4H3,(H,38,43). The van der Waals surface area contributed by atoms with Crippen LogP contribution in [0, 0.1) is 6.92 Å². The minimum atomic E-state index is -0.464. The van der Waals surface area contributed by atoms with Gasteiger partial charge >= 0.3 is 0 Å². The van der Waals surface area contributed by atoms with Crippen LogP contribution in [0.3, 0.4) is 0 Å². The van der Waals surface area contributed by atoms with Crippen LogP contribution in [0.15, 0.2) is 65.4 Å². The van der Waals surface area contributed by atoms with Gasteiger partial charge in [-0.15, -0.1) is 0 Å². The number of anilines is 1. The monoisotopic (exact) mass is 759 g/mol. The van der Waals surface area contributed by atoms with E-state index in [2.05, 4.69) is 26.2 Å². The fourth-order valence-electron chi connectivity index (χ4n) is 4.65. The number of amides is 3. The van der Waals surface area contributed by atoms with Crippen molar-refractivity contribution in [3.63, 3.8) is 0 Å². The van der Waals surface area contributed by atoms with Crippen molar-refractivity contribution in [2.45, 2.75) is 13.5 Å². The Kier molecular flexibility index (Phi) is 13.4. The van der Waals surface area contributed by atoms with Crippen molar-refractivity contribution >= 4 is 74.3 Å². The van der Waals surface area contributed by atoms with Gasteiger partial charge in [0, 0.05) is 62.8 Å². The normalized spacial score (nSPS) is 11.2. The van der Waals surface area contributed by atoms with Crippen molar-refractivity contribution in [3.05, 3.63) is 97.8 Å². The summed E-state index contributed by atoms with van der Waals surface area (Å²) in [5, 5.41) is 3.22. The van der Waals surface area contributed by atoms with Crippen molar-refractivity contribution in [2.75, 3.05) is 59.0 Å². The Hall–Kier alpha value is -3.94. The van der Waals surface area contributed by atoms with Crippen LogP contribution in [0.1, 0.15) is 27.2 Å². The van der Waals surface area contributed by atoms with E-state index in [0.717, 1.165) is 10.3 Å². The van der Waals surface area contributed by atoms with Crippen LogP contribution in [0.4, 0.5) is 5.69 Å². The molecule has 48 heavy (non-hydrogen) atoms. The van der Waals surface area contributed by atoms with E-state index in [0.29, 0.717) is 65.1 Å². The molecule has 0 saturated carbocycles. The van der Waals surface area contributed by atoms with Gasteiger partial charge in [0.2, 0.25) is 11.8 Å². The molecular formula is C34H36BrCl2N5O6. The van der Waals surface area contributed by atoms with Crippen LogP contribution in [-0.4, -0.2) is 86.1 Å². The number of rotatable bonds is 15. The molecule has 254 valence electrons. The molecule has 2 aromatic heterocycles. The van der Waals surface area contributed by atoms with E-state index in [9.17, 15) is 14.4 Å². The number of aromatic nitrogens is 2. The highest BCUT2D eigenvalue weighted by Gasteiger charge is 2.20. The molecule has 14 heteroatoms. The van der Waals surface area contributed by atoms with Crippen LogP contribution in [-0.2, 0) is 25.7 Å². The molecule has 2 aromatic carbocycles. The van der Waals surface area contributed by atoms with Gasteiger partial charge in [-0.3, -0.25) is 18.8 Å². The highest BCUT2D eigenvalue weighted by atomic mass is 79.9. The smallest absolute Gasteiger partial charge is 0.254 e. The Morgan fingerprint density at radius 3 is 2.38 bits per heavy atom. The van der Waals surface area contributed by atoms with E-state index < -0.39 is 11.8 Å². The summed E-state index contributed by atoms with van der Waals surface area (Å²) in [6.07, 6.45) is 4.78. The van der Waals surface area contributed by atoms with Gasteiger partial charge in [0.05, 0.1) is 36.2 Å². The van der Waals surface area contributed by atoms with Gasteiger partial charge in [0.25, 0.3) is 5.91 Å². The Morgan fingerprint density at radius 1 is 1.02 bits per heavy atom. The van der Waals surface area contributed by atoms with Gasteiger partial charge in [0.15, 0.2) is 11.4 Å². The zero-order chi connectivity index (χ0) is 34.8. The molecule has 0 fully saturated rings. The summed E-state index contributed by atoms with van der Waals surface area (Å²) in [6.45, 7) is 3.36. The molecule has 11 nitrogen and oxygen atoms in total. The number of nitrogens with one attached hydrogen (secondary N) is 1. The molecular weight excluding hydrogens is 725 g/mol. The van der Waals surface area contributed by atoms with E-state index in [1.165, 1.54) is 11.0 Å². The van der Waals surface area contributed by atoms with E-state index in [-0.39, 0.29) is 24.1 Å². The van der Waals surface area contributed by atoms with Gasteiger partial charge < -0.3 is 29.3 Å². The largest absolute Gasteiger partial charge is 0.485 e.